The molecule has 0 saturated carbocycles. The largest absolute Gasteiger partial charge is 0.507 e. The van der Waals surface area contributed by atoms with Crippen LogP contribution in [0.3, 0.4) is 0 Å². The number of hydrogen-bond acceptors (Lipinski definition) is 4. The van der Waals surface area contributed by atoms with E-state index in [0.29, 0.717) is 16.3 Å². The van der Waals surface area contributed by atoms with Crippen LogP contribution in [0, 0.1) is 0 Å². The minimum absolute atomic E-state index is 0.0932. The van der Waals surface area contributed by atoms with Gasteiger partial charge in [0.2, 0.25) is 0 Å². The Morgan fingerprint density at radius 3 is 2.94 bits per heavy atom. The summed E-state index contributed by atoms with van der Waals surface area (Å²) in [6.07, 6.45) is 2.16. The fraction of sp³-hybridized carbons (Fsp3) is 0.154. The maximum atomic E-state index is 9.72. The molecule has 1 atom stereocenters. The SMILES string of the molecule is Oc1ccc(Cl)cc1C=NCC(O)c1ccco1. The molecule has 1 aromatic carbocycles. The molecule has 0 aliphatic heterocycles. The topological polar surface area (TPSA) is 66.0 Å². The van der Waals surface area contributed by atoms with Gasteiger partial charge in [0.1, 0.15) is 17.6 Å². The zero-order chi connectivity index (χ0) is 13.0. The highest BCUT2D eigenvalue weighted by Gasteiger charge is 2.08. The summed E-state index contributed by atoms with van der Waals surface area (Å²) < 4.78 is 5.05. The lowest BCUT2D eigenvalue weighted by atomic mass is 10.2. The summed E-state index contributed by atoms with van der Waals surface area (Å²) in [7, 11) is 0. The lowest BCUT2D eigenvalue weighted by molar-refractivity contribution is 0.159. The van der Waals surface area contributed by atoms with Crippen LogP contribution < -0.4 is 0 Å². The number of benzene rings is 1. The first kappa shape index (κ1) is 12.7. The molecule has 94 valence electrons. The Morgan fingerprint density at radius 2 is 2.22 bits per heavy atom. The van der Waals surface area contributed by atoms with Gasteiger partial charge < -0.3 is 14.6 Å². The Kier molecular flexibility index (Phi) is 4.02. The summed E-state index contributed by atoms with van der Waals surface area (Å²) in [4.78, 5) is 4.05. The molecule has 4 nitrogen and oxygen atoms in total. The number of aliphatic hydroxyl groups is 1. The Labute approximate surface area is 109 Å². The number of phenolic OH excluding ortho intramolecular Hbond substituents is 1. The van der Waals surface area contributed by atoms with Gasteiger partial charge in [-0.05, 0) is 30.3 Å². The number of aromatic hydroxyl groups is 1. The van der Waals surface area contributed by atoms with E-state index in [-0.39, 0.29) is 12.3 Å². The van der Waals surface area contributed by atoms with E-state index < -0.39 is 6.10 Å². The lowest BCUT2D eigenvalue weighted by Crippen LogP contribution is -2.00. The number of halogens is 1. The van der Waals surface area contributed by atoms with Crippen molar-refractivity contribution in [3.8, 4) is 5.75 Å². The van der Waals surface area contributed by atoms with Crippen molar-refractivity contribution in [2.45, 2.75) is 6.10 Å². The molecular weight excluding hydrogens is 254 g/mol. The maximum absolute atomic E-state index is 9.72. The molecule has 0 bridgehead atoms. The van der Waals surface area contributed by atoms with Crippen molar-refractivity contribution < 1.29 is 14.6 Å². The molecule has 1 unspecified atom stereocenters. The van der Waals surface area contributed by atoms with Gasteiger partial charge in [-0.1, -0.05) is 11.6 Å². The fourth-order valence-corrected chi connectivity index (χ4v) is 1.63. The van der Waals surface area contributed by atoms with Crippen molar-refractivity contribution in [1.29, 1.82) is 0 Å². The van der Waals surface area contributed by atoms with Crippen LogP contribution in [0.1, 0.15) is 17.4 Å². The summed E-state index contributed by atoms with van der Waals surface area (Å²) in [6, 6.07) is 8.06. The minimum atomic E-state index is -0.794. The highest BCUT2D eigenvalue weighted by Crippen LogP contribution is 2.20. The molecule has 1 heterocycles. The lowest BCUT2D eigenvalue weighted by Gasteiger charge is -2.03. The fourth-order valence-electron chi connectivity index (χ4n) is 1.45. The zero-order valence-electron chi connectivity index (χ0n) is 9.45. The zero-order valence-corrected chi connectivity index (χ0v) is 10.2. The molecule has 0 aliphatic rings. The summed E-state index contributed by atoms with van der Waals surface area (Å²) in [5.41, 5.74) is 0.508. The second-order valence-corrected chi connectivity index (χ2v) is 4.17. The van der Waals surface area contributed by atoms with E-state index >= 15 is 0 Å². The van der Waals surface area contributed by atoms with Gasteiger partial charge in [-0.15, -0.1) is 0 Å². The Balaban J connectivity index is 2.01. The minimum Gasteiger partial charge on any atom is -0.507 e. The van der Waals surface area contributed by atoms with Crippen LogP contribution in [-0.2, 0) is 0 Å². The maximum Gasteiger partial charge on any atom is 0.134 e. The third-order valence-electron chi connectivity index (χ3n) is 2.37. The molecule has 1 aromatic heterocycles. The van der Waals surface area contributed by atoms with Crippen molar-refractivity contribution in [3.63, 3.8) is 0 Å². The number of aliphatic hydroxyl groups excluding tert-OH is 1. The van der Waals surface area contributed by atoms with Crippen molar-refractivity contribution in [1.82, 2.24) is 0 Å². The van der Waals surface area contributed by atoms with Gasteiger partial charge in [-0.2, -0.15) is 0 Å². The van der Waals surface area contributed by atoms with Gasteiger partial charge in [-0.25, -0.2) is 0 Å². The third kappa shape index (κ3) is 3.12. The third-order valence-corrected chi connectivity index (χ3v) is 2.61. The molecule has 5 heteroatoms. The summed E-state index contributed by atoms with van der Waals surface area (Å²) >= 11 is 5.80. The molecule has 2 N–H and O–H groups in total. The van der Waals surface area contributed by atoms with Gasteiger partial charge in [0.25, 0.3) is 0 Å². The molecule has 18 heavy (non-hydrogen) atoms. The summed E-state index contributed by atoms with van der Waals surface area (Å²) in [5.74, 6) is 0.554. The first-order chi connectivity index (χ1) is 8.66. The summed E-state index contributed by atoms with van der Waals surface area (Å²) in [5, 5.41) is 19.8. The average molecular weight is 266 g/mol. The highest BCUT2D eigenvalue weighted by atomic mass is 35.5. The van der Waals surface area contributed by atoms with E-state index in [0.717, 1.165) is 0 Å². The smallest absolute Gasteiger partial charge is 0.134 e. The Hall–Kier alpha value is -1.78. The van der Waals surface area contributed by atoms with E-state index in [9.17, 15) is 10.2 Å². The molecule has 0 fully saturated rings. The quantitative estimate of drug-likeness (QED) is 0.836. The van der Waals surface area contributed by atoms with E-state index in [4.69, 9.17) is 16.0 Å². The van der Waals surface area contributed by atoms with E-state index in [1.165, 1.54) is 18.5 Å². The number of aliphatic imine (C=N–C) groups is 1. The number of hydrogen-bond donors (Lipinski definition) is 2. The first-order valence-electron chi connectivity index (χ1n) is 5.36. The first-order valence-corrected chi connectivity index (χ1v) is 5.74. The van der Waals surface area contributed by atoms with Crippen LogP contribution in [0.25, 0.3) is 0 Å². The molecule has 2 aromatic rings. The molecule has 0 amide bonds. The predicted octanol–water partition coefficient (Wildman–Crippen LogP) is 2.79. The molecule has 0 aliphatic carbocycles. The van der Waals surface area contributed by atoms with Crippen LogP contribution in [0.15, 0.2) is 46.0 Å². The van der Waals surface area contributed by atoms with Crippen LogP contribution in [0.2, 0.25) is 5.02 Å². The van der Waals surface area contributed by atoms with Crippen LogP contribution in [0.4, 0.5) is 0 Å². The van der Waals surface area contributed by atoms with Crippen molar-refractivity contribution in [2.75, 3.05) is 6.54 Å². The highest BCUT2D eigenvalue weighted by molar-refractivity contribution is 6.30. The van der Waals surface area contributed by atoms with Crippen LogP contribution >= 0.6 is 11.6 Å². The molecule has 2 rings (SSSR count). The predicted molar refractivity (Wildman–Crippen MR) is 69.2 cm³/mol. The Bertz CT molecular complexity index is 537. The van der Waals surface area contributed by atoms with Gasteiger partial charge in [0, 0.05) is 16.8 Å². The van der Waals surface area contributed by atoms with Gasteiger partial charge in [-0.3, -0.25) is 4.99 Å². The molecule has 0 radical (unpaired) electrons. The van der Waals surface area contributed by atoms with Gasteiger partial charge >= 0.3 is 0 Å². The normalized spacial score (nSPS) is 13.0. The van der Waals surface area contributed by atoms with Gasteiger partial charge in [0.05, 0.1) is 12.8 Å². The molecule has 0 saturated heterocycles. The Morgan fingerprint density at radius 1 is 1.39 bits per heavy atom. The average Bonchev–Trinajstić information content (AvgIpc) is 2.87. The number of phenols is 1. The number of nitrogens with zero attached hydrogens (tertiary/aromatic N) is 1. The standard InChI is InChI=1S/C13H12ClNO3/c14-10-3-4-11(16)9(6-10)7-15-8-12(17)13-2-1-5-18-13/h1-7,12,16-17H,8H2. The monoisotopic (exact) mass is 265 g/mol. The molecule has 0 spiro atoms. The van der Waals surface area contributed by atoms with E-state index in [2.05, 4.69) is 4.99 Å². The van der Waals surface area contributed by atoms with Crippen LogP contribution in [-0.4, -0.2) is 23.0 Å². The second-order valence-electron chi connectivity index (χ2n) is 3.73. The number of rotatable bonds is 4. The van der Waals surface area contributed by atoms with Crippen LogP contribution in [0.5, 0.6) is 5.75 Å². The molecular formula is C13H12ClNO3. The van der Waals surface area contributed by atoms with Crippen molar-refractivity contribution >= 4 is 17.8 Å². The van der Waals surface area contributed by atoms with E-state index in [1.807, 2.05) is 0 Å². The van der Waals surface area contributed by atoms with Crippen molar-refractivity contribution in [3.05, 3.63) is 52.9 Å². The number of furan rings is 1. The second kappa shape index (κ2) is 5.71. The summed E-state index contributed by atoms with van der Waals surface area (Å²) in [6.45, 7) is 0.152. The van der Waals surface area contributed by atoms with Crippen molar-refractivity contribution in [2.24, 2.45) is 4.99 Å². The van der Waals surface area contributed by atoms with E-state index in [1.54, 1.807) is 24.3 Å². The van der Waals surface area contributed by atoms with Gasteiger partial charge in [0.15, 0.2) is 0 Å².